The van der Waals surface area contributed by atoms with Crippen LogP contribution in [0.4, 0.5) is 10.5 Å². The number of nitrogens with one attached hydrogen (secondary N) is 1. The van der Waals surface area contributed by atoms with E-state index in [-0.39, 0.29) is 5.41 Å². The fourth-order valence-corrected chi connectivity index (χ4v) is 1.76. The van der Waals surface area contributed by atoms with Gasteiger partial charge in [0.25, 0.3) is 0 Å². The molecular weight excluding hydrogens is 252 g/mol. The van der Waals surface area contributed by atoms with E-state index in [9.17, 15) is 4.79 Å². The molecule has 0 saturated heterocycles. The van der Waals surface area contributed by atoms with E-state index in [0.717, 1.165) is 16.8 Å². The van der Waals surface area contributed by atoms with E-state index >= 15 is 0 Å². The Morgan fingerprint density at radius 3 is 2.30 bits per heavy atom. The summed E-state index contributed by atoms with van der Waals surface area (Å²) in [4.78, 5) is 11.8. The highest BCUT2D eigenvalue weighted by atomic mass is 16.6. The molecule has 0 aliphatic rings. The van der Waals surface area contributed by atoms with Gasteiger partial charge in [-0.1, -0.05) is 26.0 Å². The van der Waals surface area contributed by atoms with Crippen LogP contribution in [0.5, 0.6) is 0 Å². The fraction of sp³-hybridized carbons (Fsp3) is 0.562. The average Bonchev–Trinajstić information content (AvgIpc) is 2.29. The first-order valence-electron chi connectivity index (χ1n) is 6.86. The first-order chi connectivity index (χ1) is 9.05. The molecule has 0 aliphatic carbocycles. The Balaban J connectivity index is 2.87. The van der Waals surface area contributed by atoms with E-state index in [1.165, 1.54) is 0 Å². The van der Waals surface area contributed by atoms with Crippen molar-refractivity contribution in [2.75, 3.05) is 11.9 Å². The first-order valence-corrected chi connectivity index (χ1v) is 6.86. The molecule has 4 nitrogen and oxygen atoms in total. The van der Waals surface area contributed by atoms with Gasteiger partial charge in [0.1, 0.15) is 5.60 Å². The zero-order valence-corrected chi connectivity index (χ0v) is 13.3. The van der Waals surface area contributed by atoms with Crippen molar-refractivity contribution in [3.05, 3.63) is 29.3 Å². The third-order valence-electron chi connectivity index (χ3n) is 3.15. The molecule has 0 aliphatic heterocycles. The zero-order valence-electron chi connectivity index (χ0n) is 13.3. The minimum atomic E-state index is -0.501. The molecule has 1 amide bonds. The maximum Gasteiger partial charge on any atom is 0.412 e. The summed E-state index contributed by atoms with van der Waals surface area (Å²) in [5.74, 6) is 0. The van der Waals surface area contributed by atoms with Gasteiger partial charge in [0, 0.05) is 17.6 Å². The average molecular weight is 278 g/mol. The molecule has 112 valence electrons. The van der Waals surface area contributed by atoms with Crippen LogP contribution in [-0.2, 0) is 10.2 Å². The monoisotopic (exact) mass is 278 g/mol. The summed E-state index contributed by atoms with van der Waals surface area (Å²) in [6.45, 7) is 12.3. The fourth-order valence-electron chi connectivity index (χ4n) is 1.76. The second-order valence-corrected chi connectivity index (χ2v) is 6.74. The molecule has 0 bridgehead atoms. The van der Waals surface area contributed by atoms with Crippen LogP contribution in [0, 0.1) is 6.92 Å². The van der Waals surface area contributed by atoms with Crippen LogP contribution in [0.15, 0.2) is 18.2 Å². The Morgan fingerprint density at radius 2 is 1.85 bits per heavy atom. The molecule has 0 heterocycles. The predicted octanol–water partition coefficient (Wildman–Crippen LogP) is 3.58. The van der Waals surface area contributed by atoms with Crippen molar-refractivity contribution in [3.63, 3.8) is 0 Å². The molecule has 0 saturated carbocycles. The number of rotatable bonds is 3. The van der Waals surface area contributed by atoms with E-state index in [2.05, 4.69) is 25.2 Å². The number of ether oxygens (including phenoxy) is 1. The van der Waals surface area contributed by atoms with Gasteiger partial charge in [-0.3, -0.25) is 5.32 Å². The number of anilines is 1. The lowest BCUT2D eigenvalue weighted by Crippen LogP contribution is -2.29. The lowest BCUT2D eigenvalue weighted by Gasteiger charge is -2.24. The zero-order chi connectivity index (χ0) is 15.6. The van der Waals surface area contributed by atoms with Crippen molar-refractivity contribution >= 4 is 11.8 Å². The van der Waals surface area contributed by atoms with Crippen molar-refractivity contribution in [1.82, 2.24) is 0 Å². The number of aryl methyl sites for hydroxylation is 1. The molecule has 1 aromatic rings. The van der Waals surface area contributed by atoms with Crippen LogP contribution < -0.4 is 11.1 Å². The first kappa shape index (κ1) is 16.5. The molecule has 0 atom stereocenters. The van der Waals surface area contributed by atoms with Gasteiger partial charge >= 0.3 is 6.09 Å². The van der Waals surface area contributed by atoms with Crippen molar-refractivity contribution in [2.45, 2.75) is 52.6 Å². The summed E-state index contributed by atoms with van der Waals surface area (Å²) >= 11 is 0. The van der Waals surface area contributed by atoms with E-state index in [1.54, 1.807) is 0 Å². The SMILES string of the molecule is Cc1cc(C(C)(C)CN)ccc1NC(=O)OC(C)(C)C. The number of carbonyl (C=O) groups excluding carboxylic acids is 1. The van der Waals surface area contributed by atoms with Crippen molar-refractivity contribution in [1.29, 1.82) is 0 Å². The largest absolute Gasteiger partial charge is 0.444 e. The third-order valence-corrected chi connectivity index (χ3v) is 3.15. The van der Waals surface area contributed by atoms with Gasteiger partial charge in [-0.2, -0.15) is 0 Å². The summed E-state index contributed by atoms with van der Waals surface area (Å²) in [5, 5.41) is 2.77. The van der Waals surface area contributed by atoms with Crippen LogP contribution in [0.3, 0.4) is 0 Å². The van der Waals surface area contributed by atoms with Crippen LogP contribution >= 0.6 is 0 Å². The Labute approximate surface area is 121 Å². The van der Waals surface area contributed by atoms with Crippen molar-refractivity contribution in [3.8, 4) is 0 Å². The molecular formula is C16H26N2O2. The van der Waals surface area contributed by atoms with Crippen LogP contribution in [-0.4, -0.2) is 18.2 Å². The molecule has 4 heteroatoms. The van der Waals surface area contributed by atoms with Gasteiger partial charge in [-0.25, -0.2) is 4.79 Å². The third kappa shape index (κ3) is 4.53. The highest BCUT2D eigenvalue weighted by Gasteiger charge is 2.20. The Morgan fingerprint density at radius 1 is 1.25 bits per heavy atom. The Kier molecular flexibility index (Phi) is 4.81. The summed E-state index contributed by atoms with van der Waals surface area (Å²) < 4.78 is 5.25. The van der Waals surface area contributed by atoms with Crippen LogP contribution in [0.2, 0.25) is 0 Å². The Bertz CT molecular complexity index is 488. The van der Waals surface area contributed by atoms with Crippen LogP contribution in [0.25, 0.3) is 0 Å². The summed E-state index contributed by atoms with van der Waals surface area (Å²) in [6.07, 6.45) is -0.438. The van der Waals surface area contributed by atoms with E-state index in [4.69, 9.17) is 10.5 Å². The van der Waals surface area contributed by atoms with Gasteiger partial charge in [0.15, 0.2) is 0 Å². The molecule has 0 spiro atoms. The van der Waals surface area contributed by atoms with E-state index in [1.807, 2.05) is 39.8 Å². The second-order valence-electron chi connectivity index (χ2n) is 6.74. The van der Waals surface area contributed by atoms with Crippen molar-refractivity contribution < 1.29 is 9.53 Å². The van der Waals surface area contributed by atoms with Gasteiger partial charge < -0.3 is 10.5 Å². The molecule has 0 radical (unpaired) electrons. The topological polar surface area (TPSA) is 64.3 Å². The Hall–Kier alpha value is -1.55. The molecule has 20 heavy (non-hydrogen) atoms. The second kappa shape index (κ2) is 5.83. The number of amides is 1. The molecule has 0 aromatic heterocycles. The molecule has 3 N–H and O–H groups in total. The summed E-state index contributed by atoms with van der Waals surface area (Å²) in [6, 6.07) is 5.94. The van der Waals surface area contributed by atoms with E-state index in [0.29, 0.717) is 6.54 Å². The maximum absolute atomic E-state index is 11.8. The van der Waals surface area contributed by atoms with Gasteiger partial charge in [0.2, 0.25) is 0 Å². The molecule has 1 rings (SSSR count). The highest BCUT2D eigenvalue weighted by molar-refractivity contribution is 5.86. The van der Waals surface area contributed by atoms with Crippen molar-refractivity contribution in [2.24, 2.45) is 5.73 Å². The summed E-state index contributed by atoms with van der Waals surface area (Å²) in [7, 11) is 0. The number of hydrogen-bond acceptors (Lipinski definition) is 3. The summed E-state index contributed by atoms with van der Waals surface area (Å²) in [5.41, 5.74) is 8.13. The minimum Gasteiger partial charge on any atom is -0.444 e. The predicted molar refractivity (Wildman–Crippen MR) is 83.1 cm³/mol. The normalized spacial score (nSPS) is 12.2. The molecule has 0 unspecified atom stereocenters. The number of benzene rings is 1. The van der Waals surface area contributed by atoms with Gasteiger partial charge in [0.05, 0.1) is 0 Å². The maximum atomic E-state index is 11.8. The van der Waals surface area contributed by atoms with E-state index < -0.39 is 11.7 Å². The number of carbonyl (C=O) groups is 1. The van der Waals surface area contributed by atoms with Crippen LogP contribution in [0.1, 0.15) is 45.7 Å². The minimum absolute atomic E-state index is 0.0742. The standard InChI is InChI=1S/C16H26N2O2/c1-11-9-12(16(5,6)10-17)7-8-13(11)18-14(19)20-15(2,3)4/h7-9H,10,17H2,1-6H3,(H,18,19). The smallest absolute Gasteiger partial charge is 0.412 e. The highest BCUT2D eigenvalue weighted by Crippen LogP contribution is 2.26. The van der Waals surface area contributed by atoms with Gasteiger partial charge in [-0.15, -0.1) is 0 Å². The lowest BCUT2D eigenvalue weighted by atomic mass is 9.84. The van der Waals surface area contributed by atoms with Gasteiger partial charge in [-0.05, 0) is 44.9 Å². The molecule has 1 aromatic carbocycles. The number of nitrogens with two attached hydrogens (primary N) is 1. The molecule has 0 fully saturated rings. The lowest BCUT2D eigenvalue weighted by molar-refractivity contribution is 0.0636. The number of hydrogen-bond donors (Lipinski definition) is 2. The quantitative estimate of drug-likeness (QED) is 0.888.